The fraction of sp³-hybridized carbons (Fsp3) is 0.444. The molecule has 25 heavy (non-hydrogen) atoms. The molecular formula is C18H16N2O5. The number of benzene rings is 1. The second kappa shape index (κ2) is 4.68. The number of imide groups is 1. The third kappa shape index (κ3) is 1.75. The largest absolute Gasteiger partial charge is 0.495 e. The van der Waals surface area contributed by atoms with Crippen LogP contribution >= 0.6 is 0 Å². The van der Waals surface area contributed by atoms with Crippen molar-refractivity contribution >= 4 is 23.2 Å². The Hall–Kier alpha value is -2.70. The Morgan fingerprint density at radius 3 is 2.24 bits per heavy atom. The Kier molecular flexibility index (Phi) is 2.74. The monoisotopic (exact) mass is 340 g/mol. The van der Waals surface area contributed by atoms with Gasteiger partial charge in [0.25, 0.3) is 5.69 Å². The highest BCUT2D eigenvalue weighted by atomic mass is 16.6. The molecule has 128 valence electrons. The molecule has 0 aromatic heterocycles. The van der Waals surface area contributed by atoms with Crippen molar-refractivity contribution < 1.29 is 19.2 Å². The van der Waals surface area contributed by atoms with Gasteiger partial charge in [0, 0.05) is 12.1 Å². The van der Waals surface area contributed by atoms with Gasteiger partial charge in [0.1, 0.15) is 11.4 Å². The summed E-state index contributed by atoms with van der Waals surface area (Å²) in [6.07, 6.45) is 5.29. The molecule has 1 aromatic carbocycles. The van der Waals surface area contributed by atoms with Gasteiger partial charge >= 0.3 is 0 Å². The van der Waals surface area contributed by atoms with Gasteiger partial charge in [-0.05, 0) is 36.2 Å². The first-order chi connectivity index (χ1) is 12.0. The minimum Gasteiger partial charge on any atom is -0.495 e. The molecule has 4 aliphatic carbocycles. The molecule has 1 heterocycles. The second-order valence-corrected chi connectivity index (χ2v) is 7.28. The molecule has 1 aromatic rings. The van der Waals surface area contributed by atoms with Crippen LogP contribution < -0.4 is 9.64 Å². The Balaban J connectivity index is 1.60. The van der Waals surface area contributed by atoms with Crippen LogP contribution in [0.4, 0.5) is 11.4 Å². The van der Waals surface area contributed by atoms with Crippen molar-refractivity contribution in [1.82, 2.24) is 0 Å². The molecule has 2 bridgehead atoms. The van der Waals surface area contributed by atoms with Crippen LogP contribution in [0.5, 0.6) is 5.75 Å². The summed E-state index contributed by atoms with van der Waals surface area (Å²) in [4.78, 5) is 37.9. The zero-order valence-corrected chi connectivity index (χ0v) is 13.5. The number of nitrogens with zero attached hydrogens (tertiary/aromatic N) is 2. The first kappa shape index (κ1) is 14.6. The number of hydrogen-bond acceptors (Lipinski definition) is 5. The van der Waals surface area contributed by atoms with E-state index in [0.29, 0.717) is 11.8 Å². The fourth-order valence-electron chi connectivity index (χ4n) is 5.16. The van der Waals surface area contributed by atoms with Crippen LogP contribution in [0.15, 0.2) is 30.4 Å². The Morgan fingerprint density at radius 2 is 1.72 bits per heavy atom. The van der Waals surface area contributed by atoms with Crippen LogP contribution in [0.2, 0.25) is 0 Å². The average molecular weight is 340 g/mol. The third-order valence-corrected chi connectivity index (χ3v) is 6.28. The molecule has 1 saturated heterocycles. The number of ether oxygens (including phenoxy) is 1. The number of allylic oxidation sites excluding steroid dienone is 2. The van der Waals surface area contributed by atoms with Crippen molar-refractivity contribution in [3.63, 3.8) is 0 Å². The second-order valence-electron chi connectivity index (χ2n) is 7.28. The van der Waals surface area contributed by atoms with Crippen LogP contribution in [0.25, 0.3) is 0 Å². The summed E-state index contributed by atoms with van der Waals surface area (Å²) in [5, 5.41) is 11.1. The summed E-state index contributed by atoms with van der Waals surface area (Å²) >= 11 is 0. The van der Waals surface area contributed by atoms with Crippen molar-refractivity contribution in [2.45, 2.75) is 6.42 Å². The number of methoxy groups -OCH3 is 1. The topological polar surface area (TPSA) is 89.8 Å². The van der Waals surface area contributed by atoms with Gasteiger partial charge in [0.05, 0.1) is 23.9 Å². The van der Waals surface area contributed by atoms with Crippen molar-refractivity contribution in [3.05, 3.63) is 40.5 Å². The number of anilines is 1. The first-order valence-electron chi connectivity index (χ1n) is 8.41. The SMILES string of the molecule is COc1ccc([N+](=O)[O-])cc1N1C(=O)[C@@H]2[C@@H]3C=C[C@H]([C@H]4C[C@@H]34)[C@@H]2C1=O. The highest BCUT2D eigenvalue weighted by Crippen LogP contribution is 2.65. The first-order valence-corrected chi connectivity index (χ1v) is 8.41. The summed E-state index contributed by atoms with van der Waals surface area (Å²) in [6, 6.07) is 3.99. The zero-order valence-electron chi connectivity index (χ0n) is 13.5. The number of carbonyl (C=O) groups is 2. The molecule has 7 nitrogen and oxygen atoms in total. The van der Waals surface area contributed by atoms with E-state index in [1.807, 2.05) is 0 Å². The minimum absolute atomic E-state index is 0.117. The standard InChI is InChI=1S/C18H16N2O5/c1-25-14-5-2-8(20(23)24)6-13(14)19-17(21)15-9-3-4-10(12-7-11(9)12)16(15)18(19)22/h2-6,9-12,15-16H,7H2,1H3/t9-,10-,11-,12+,15+,16-/m1/s1. The molecular weight excluding hydrogens is 324 g/mol. The van der Waals surface area contributed by atoms with E-state index in [1.165, 1.54) is 25.3 Å². The van der Waals surface area contributed by atoms with E-state index in [0.717, 1.165) is 11.3 Å². The van der Waals surface area contributed by atoms with E-state index in [1.54, 1.807) is 0 Å². The van der Waals surface area contributed by atoms with E-state index in [-0.39, 0.29) is 52.6 Å². The van der Waals surface area contributed by atoms with Crippen molar-refractivity contribution in [3.8, 4) is 5.75 Å². The van der Waals surface area contributed by atoms with Gasteiger partial charge in [0.15, 0.2) is 0 Å². The Morgan fingerprint density at radius 1 is 1.12 bits per heavy atom. The van der Waals surface area contributed by atoms with Crippen LogP contribution in [-0.4, -0.2) is 23.8 Å². The van der Waals surface area contributed by atoms with Crippen molar-refractivity contribution in [2.75, 3.05) is 12.0 Å². The number of nitro benzene ring substituents is 1. The van der Waals surface area contributed by atoms with Gasteiger partial charge < -0.3 is 4.74 Å². The van der Waals surface area contributed by atoms with Crippen LogP contribution in [-0.2, 0) is 9.59 Å². The van der Waals surface area contributed by atoms with Gasteiger partial charge in [-0.25, -0.2) is 4.90 Å². The Labute approximate surface area is 143 Å². The summed E-state index contributed by atoms with van der Waals surface area (Å²) in [5.41, 5.74) is 0.00406. The lowest BCUT2D eigenvalue weighted by Crippen LogP contribution is -2.40. The van der Waals surface area contributed by atoms with E-state index in [4.69, 9.17) is 4.74 Å². The molecule has 2 saturated carbocycles. The van der Waals surface area contributed by atoms with Gasteiger partial charge in [-0.2, -0.15) is 0 Å². The quantitative estimate of drug-likeness (QED) is 0.364. The van der Waals surface area contributed by atoms with Crippen LogP contribution in [0, 0.1) is 45.6 Å². The molecule has 0 unspecified atom stereocenters. The molecule has 0 spiro atoms. The summed E-state index contributed by atoms with van der Waals surface area (Å²) in [7, 11) is 1.42. The van der Waals surface area contributed by atoms with Gasteiger partial charge in [-0.3, -0.25) is 19.7 Å². The number of nitro groups is 1. The van der Waals surface area contributed by atoms with Gasteiger partial charge in [-0.15, -0.1) is 0 Å². The van der Waals surface area contributed by atoms with Crippen LogP contribution in [0.3, 0.4) is 0 Å². The number of rotatable bonds is 3. The third-order valence-electron chi connectivity index (χ3n) is 6.28. The highest BCUT2D eigenvalue weighted by Gasteiger charge is 2.67. The lowest BCUT2D eigenvalue weighted by atomic mass is 9.63. The molecule has 6 atom stereocenters. The number of amides is 2. The molecule has 0 radical (unpaired) electrons. The number of non-ortho nitro benzene ring substituents is 1. The maximum Gasteiger partial charge on any atom is 0.271 e. The normalized spacial score (nSPS) is 37.1. The molecule has 7 heteroatoms. The number of carbonyl (C=O) groups excluding carboxylic acids is 2. The molecule has 6 rings (SSSR count). The summed E-state index contributed by atoms with van der Waals surface area (Å²) in [5.74, 6) is 0.371. The van der Waals surface area contributed by atoms with E-state index < -0.39 is 4.92 Å². The van der Waals surface area contributed by atoms with Crippen molar-refractivity contribution in [2.24, 2.45) is 35.5 Å². The molecule has 5 aliphatic rings. The maximum absolute atomic E-state index is 13.1. The smallest absolute Gasteiger partial charge is 0.271 e. The molecule has 3 fully saturated rings. The van der Waals surface area contributed by atoms with E-state index in [2.05, 4.69) is 12.2 Å². The lowest BCUT2D eigenvalue weighted by molar-refractivity contribution is -0.384. The van der Waals surface area contributed by atoms with E-state index >= 15 is 0 Å². The molecule has 2 amide bonds. The predicted molar refractivity (Wildman–Crippen MR) is 86.8 cm³/mol. The van der Waals surface area contributed by atoms with Gasteiger partial charge in [0.2, 0.25) is 11.8 Å². The zero-order chi connectivity index (χ0) is 17.5. The number of hydrogen-bond donors (Lipinski definition) is 0. The van der Waals surface area contributed by atoms with Crippen molar-refractivity contribution in [1.29, 1.82) is 0 Å². The predicted octanol–water partition coefficient (Wildman–Crippen LogP) is 2.16. The molecule has 1 aliphatic heterocycles. The molecule has 0 N–H and O–H groups in total. The average Bonchev–Trinajstić information content (AvgIpc) is 3.39. The lowest BCUT2D eigenvalue weighted by Gasteiger charge is -2.37. The summed E-state index contributed by atoms with van der Waals surface area (Å²) in [6.45, 7) is 0. The Bertz CT molecular complexity index is 827. The highest BCUT2D eigenvalue weighted by molar-refractivity contribution is 6.23. The van der Waals surface area contributed by atoms with Crippen LogP contribution in [0.1, 0.15) is 6.42 Å². The summed E-state index contributed by atoms with van der Waals surface area (Å²) < 4.78 is 5.26. The van der Waals surface area contributed by atoms with E-state index in [9.17, 15) is 19.7 Å². The fourth-order valence-corrected chi connectivity index (χ4v) is 5.16. The maximum atomic E-state index is 13.1. The minimum atomic E-state index is -0.540. The van der Waals surface area contributed by atoms with Gasteiger partial charge in [-0.1, -0.05) is 12.2 Å².